The molecular weight excluding hydrogens is 220 g/mol. The van der Waals surface area contributed by atoms with Crippen LogP contribution in [-0.2, 0) is 9.53 Å². The number of likely N-dealkylation sites (tertiary alicyclic amines) is 1. The third-order valence-corrected chi connectivity index (χ3v) is 3.90. The summed E-state index contributed by atoms with van der Waals surface area (Å²) in [7, 11) is 0. The maximum absolute atomic E-state index is 11.9. The van der Waals surface area contributed by atoms with Crippen molar-refractivity contribution in [2.75, 3.05) is 13.1 Å². The third-order valence-electron chi connectivity index (χ3n) is 3.90. The predicted octanol–water partition coefficient (Wildman–Crippen LogP) is 1.26. The normalized spacial score (nSPS) is 29.6. The Hall–Kier alpha value is -1.26. The Morgan fingerprint density at radius 1 is 1.35 bits per heavy atom. The second kappa shape index (κ2) is 4.55. The Kier molecular flexibility index (Phi) is 3.26. The molecule has 1 aliphatic heterocycles. The van der Waals surface area contributed by atoms with Gasteiger partial charge in [-0.25, -0.2) is 4.79 Å². The van der Waals surface area contributed by atoms with Gasteiger partial charge in [0.25, 0.3) is 0 Å². The fourth-order valence-electron chi connectivity index (χ4n) is 2.54. The highest BCUT2D eigenvalue weighted by atomic mass is 16.6. The van der Waals surface area contributed by atoms with Crippen molar-refractivity contribution in [3.63, 3.8) is 0 Å². The molecule has 2 aliphatic rings. The molecule has 2 amide bonds. The van der Waals surface area contributed by atoms with Gasteiger partial charge in [-0.2, -0.15) is 0 Å². The number of hydrogen-bond donors (Lipinski definition) is 1. The lowest BCUT2D eigenvalue weighted by molar-refractivity contribution is -0.126. The van der Waals surface area contributed by atoms with E-state index in [4.69, 9.17) is 10.5 Å². The van der Waals surface area contributed by atoms with Crippen molar-refractivity contribution >= 4 is 12.0 Å². The van der Waals surface area contributed by atoms with E-state index in [1.807, 2.05) is 0 Å². The van der Waals surface area contributed by atoms with Crippen LogP contribution in [0.25, 0.3) is 0 Å². The molecule has 1 unspecified atom stereocenters. The lowest BCUT2D eigenvalue weighted by Crippen LogP contribution is -2.39. The molecule has 0 aromatic rings. The molecule has 0 radical (unpaired) electrons. The van der Waals surface area contributed by atoms with Crippen LogP contribution in [0.2, 0.25) is 0 Å². The third kappa shape index (κ3) is 2.53. The molecule has 0 bridgehead atoms. The maximum atomic E-state index is 11.9. The molecule has 17 heavy (non-hydrogen) atoms. The number of amides is 2. The van der Waals surface area contributed by atoms with E-state index in [0.29, 0.717) is 19.5 Å². The molecule has 5 nitrogen and oxygen atoms in total. The summed E-state index contributed by atoms with van der Waals surface area (Å²) in [6.07, 6.45) is 4.61. The SMILES string of the molecule is CC1(C(N)=O)CCN(C(=O)OC2CCCC2)C1. The van der Waals surface area contributed by atoms with Crippen molar-refractivity contribution in [3.8, 4) is 0 Å². The van der Waals surface area contributed by atoms with Crippen LogP contribution in [0.4, 0.5) is 4.79 Å². The summed E-state index contributed by atoms with van der Waals surface area (Å²) in [4.78, 5) is 24.7. The molecular formula is C12H20N2O3. The standard InChI is InChI=1S/C12H20N2O3/c1-12(10(13)15)6-7-14(8-12)11(16)17-9-4-2-3-5-9/h9H,2-8H2,1H3,(H2,13,15). The molecule has 1 aliphatic carbocycles. The molecule has 2 N–H and O–H groups in total. The number of carbonyl (C=O) groups excluding carboxylic acids is 2. The van der Waals surface area contributed by atoms with E-state index < -0.39 is 5.41 Å². The highest BCUT2D eigenvalue weighted by molar-refractivity contribution is 5.82. The van der Waals surface area contributed by atoms with Crippen LogP contribution >= 0.6 is 0 Å². The Labute approximate surface area is 101 Å². The van der Waals surface area contributed by atoms with Crippen molar-refractivity contribution < 1.29 is 14.3 Å². The summed E-state index contributed by atoms with van der Waals surface area (Å²) in [6, 6.07) is 0. The first-order valence-electron chi connectivity index (χ1n) is 6.27. The van der Waals surface area contributed by atoms with Crippen LogP contribution in [-0.4, -0.2) is 36.1 Å². The van der Waals surface area contributed by atoms with E-state index in [9.17, 15) is 9.59 Å². The van der Waals surface area contributed by atoms with Gasteiger partial charge in [0.15, 0.2) is 0 Å². The predicted molar refractivity (Wildman–Crippen MR) is 62.2 cm³/mol. The Morgan fingerprint density at radius 2 is 2.00 bits per heavy atom. The highest BCUT2D eigenvalue weighted by Gasteiger charge is 2.41. The van der Waals surface area contributed by atoms with Gasteiger partial charge in [0.05, 0.1) is 5.41 Å². The number of nitrogens with two attached hydrogens (primary N) is 1. The number of carbonyl (C=O) groups is 2. The van der Waals surface area contributed by atoms with Crippen LogP contribution in [0.3, 0.4) is 0 Å². The smallest absolute Gasteiger partial charge is 0.410 e. The molecule has 0 aromatic heterocycles. The number of hydrogen-bond acceptors (Lipinski definition) is 3. The second-order valence-corrected chi connectivity index (χ2v) is 5.39. The Balaban J connectivity index is 1.87. The summed E-state index contributed by atoms with van der Waals surface area (Å²) < 4.78 is 5.40. The first-order chi connectivity index (χ1) is 8.01. The lowest BCUT2D eigenvalue weighted by Gasteiger charge is -2.22. The van der Waals surface area contributed by atoms with Crippen LogP contribution in [0.1, 0.15) is 39.0 Å². The maximum Gasteiger partial charge on any atom is 0.410 e. The van der Waals surface area contributed by atoms with Crippen molar-refractivity contribution in [2.24, 2.45) is 11.1 Å². The van der Waals surface area contributed by atoms with E-state index in [0.717, 1.165) is 25.7 Å². The van der Waals surface area contributed by atoms with E-state index in [1.54, 1.807) is 11.8 Å². The van der Waals surface area contributed by atoms with Crippen LogP contribution < -0.4 is 5.73 Å². The fourth-order valence-corrected chi connectivity index (χ4v) is 2.54. The van der Waals surface area contributed by atoms with Crippen LogP contribution in [0.5, 0.6) is 0 Å². The number of rotatable bonds is 2. The molecule has 1 saturated heterocycles. The Morgan fingerprint density at radius 3 is 2.53 bits per heavy atom. The van der Waals surface area contributed by atoms with Crippen molar-refractivity contribution in [1.82, 2.24) is 4.90 Å². The first-order valence-corrected chi connectivity index (χ1v) is 6.27. The summed E-state index contributed by atoms with van der Waals surface area (Å²) in [5.74, 6) is -0.339. The van der Waals surface area contributed by atoms with Gasteiger partial charge in [-0.05, 0) is 39.0 Å². The minimum atomic E-state index is -0.589. The van der Waals surface area contributed by atoms with Crippen molar-refractivity contribution in [3.05, 3.63) is 0 Å². The van der Waals surface area contributed by atoms with E-state index in [1.165, 1.54) is 0 Å². The number of ether oxygens (including phenoxy) is 1. The summed E-state index contributed by atoms with van der Waals surface area (Å²) in [6.45, 7) is 2.75. The van der Waals surface area contributed by atoms with Crippen LogP contribution in [0, 0.1) is 5.41 Å². The molecule has 5 heteroatoms. The van der Waals surface area contributed by atoms with E-state index >= 15 is 0 Å². The molecule has 1 atom stereocenters. The molecule has 96 valence electrons. The average molecular weight is 240 g/mol. The zero-order chi connectivity index (χ0) is 12.5. The highest BCUT2D eigenvalue weighted by Crippen LogP contribution is 2.30. The van der Waals surface area contributed by atoms with Gasteiger partial charge in [-0.3, -0.25) is 4.79 Å². The zero-order valence-corrected chi connectivity index (χ0v) is 10.3. The van der Waals surface area contributed by atoms with Gasteiger partial charge in [-0.15, -0.1) is 0 Å². The van der Waals surface area contributed by atoms with Crippen molar-refractivity contribution in [2.45, 2.75) is 45.1 Å². The molecule has 1 saturated carbocycles. The molecule has 0 aromatic carbocycles. The Bertz CT molecular complexity index is 326. The average Bonchev–Trinajstić information content (AvgIpc) is 2.88. The lowest BCUT2D eigenvalue weighted by atomic mass is 9.89. The van der Waals surface area contributed by atoms with Gasteiger partial charge in [0.2, 0.25) is 5.91 Å². The van der Waals surface area contributed by atoms with Crippen LogP contribution in [0.15, 0.2) is 0 Å². The summed E-state index contributed by atoms with van der Waals surface area (Å²) in [5, 5.41) is 0. The van der Waals surface area contributed by atoms with Gasteiger partial charge in [-0.1, -0.05) is 0 Å². The monoisotopic (exact) mass is 240 g/mol. The largest absolute Gasteiger partial charge is 0.446 e. The molecule has 1 heterocycles. The molecule has 0 spiro atoms. The minimum absolute atomic E-state index is 0.0722. The second-order valence-electron chi connectivity index (χ2n) is 5.39. The summed E-state index contributed by atoms with van der Waals surface area (Å²) >= 11 is 0. The van der Waals surface area contributed by atoms with Gasteiger partial charge in [0, 0.05) is 13.1 Å². The molecule has 2 fully saturated rings. The fraction of sp³-hybridized carbons (Fsp3) is 0.833. The topological polar surface area (TPSA) is 72.6 Å². The van der Waals surface area contributed by atoms with Crippen molar-refractivity contribution in [1.29, 1.82) is 0 Å². The van der Waals surface area contributed by atoms with E-state index in [-0.39, 0.29) is 18.1 Å². The van der Waals surface area contributed by atoms with Gasteiger partial charge < -0.3 is 15.4 Å². The summed E-state index contributed by atoms with van der Waals surface area (Å²) in [5.41, 5.74) is 4.75. The zero-order valence-electron chi connectivity index (χ0n) is 10.3. The number of primary amides is 1. The van der Waals surface area contributed by atoms with Gasteiger partial charge in [0.1, 0.15) is 6.10 Å². The van der Waals surface area contributed by atoms with Gasteiger partial charge >= 0.3 is 6.09 Å². The van der Waals surface area contributed by atoms with E-state index in [2.05, 4.69) is 0 Å². The quantitative estimate of drug-likeness (QED) is 0.789. The number of nitrogens with zero attached hydrogens (tertiary/aromatic N) is 1. The minimum Gasteiger partial charge on any atom is -0.446 e. The first kappa shape index (κ1) is 12.2. The molecule has 2 rings (SSSR count).